The Morgan fingerprint density at radius 2 is 1.70 bits per heavy atom. The minimum absolute atomic E-state index is 0.132. The van der Waals surface area contributed by atoms with Crippen LogP contribution >= 0.6 is 0 Å². The van der Waals surface area contributed by atoms with Gasteiger partial charge in [0.2, 0.25) is 5.91 Å². The number of nitrogens with one attached hydrogen (secondary N) is 1. The van der Waals surface area contributed by atoms with Crippen molar-refractivity contribution in [1.29, 1.82) is 0 Å². The standard InChI is InChI=1S/C19H36N2O2/c1-19(2,3)16-11-12-21(13-17(16)22)14-18(23)20-15-9-7-5-4-6-8-10-15/h15-17,22H,4-14H2,1-3H3,(H,20,23)/t16-,17-/m0/s1. The summed E-state index contributed by atoms with van der Waals surface area (Å²) in [5.74, 6) is 0.462. The van der Waals surface area contributed by atoms with E-state index in [9.17, 15) is 9.90 Å². The molecule has 2 fully saturated rings. The first-order valence-corrected chi connectivity index (χ1v) is 9.56. The monoisotopic (exact) mass is 324 g/mol. The fraction of sp³-hybridized carbons (Fsp3) is 0.947. The number of rotatable bonds is 3. The van der Waals surface area contributed by atoms with Gasteiger partial charge in [-0.25, -0.2) is 0 Å². The molecule has 1 saturated heterocycles. The quantitative estimate of drug-likeness (QED) is 0.839. The Hall–Kier alpha value is -0.610. The Kier molecular flexibility index (Phi) is 6.90. The van der Waals surface area contributed by atoms with Gasteiger partial charge >= 0.3 is 0 Å². The average Bonchev–Trinajstić information content (AvgIpc) is 2.40. The molecule has 0 aromatic heterocycles. The molecule has 134 valence electrons. The molecule has 0 spiro atoms. The van der Waals surface area contributed by atoms with Crippen molar-refractivity contribution in [2.24, 2.45) is 11.3 Å². The van der Waals surface area contributed by atoms with Crippen molar-refractivity contribution in [3.63, 3.8) is 0 Å². The van der Waals surface area contributed by atoms with Crippen molar-refractivity contribution in [1.82, 2.24) is 10.2 Å². The highest BCUT2D eigenvalue weighted by molar-refractivity contribution is 5.78. The minimum atomic E-state index is -0.321. The van der Waals surface area contributed by atoms with Gasteiger partial charge in [0, 0.05) is 12.6 Å². The lowest BCUT2D eigenvalue weighted by molar-refractivity contribution is -0.124. The van der Waals surface area contributed by atoms with Crippen LogP contribution in [-0.2, 0) is 4.79 Å². The Morgan fingerprint density at radius 3 is 2.26 bits per heavy atom. The summed E-state index contributed by atoms with van der Waals surface area (Å²) < 4.78 is 0. The molecule has 23 heavy (non-hydrogen) atoms. The van der Waals surface area contributed by atoms with E-state index in [4.69, 9.17) is 0 Å². The first-order valence-electron chi connectivity index (χ1n) is 9.56. The van der Waals surface area contributed by atoms with Crippen molar-refractivity contribution >= 4 is 5.91 Å². The highest BCUT2D eigenvalue weighted by Crippen LogP contribution is 2.34. The van der Waals surface area contributed by atoms with Crippen molar-refractivity contribution in [2.75, 3.05) is 19.6 Å². The van der Waals surface area contributed by atoms with Gasteiger partial charge in [0.15, 0.2) is 0 Å². The van der Waals surface area contributed by atoms with E-state index in [1.54, 1.807) is 0 Å². The fourth-order valence-corrected chi connectivity index (χ4v) is 4.23. The average molecular weight is 325 g/mol. The van der Waals surface area contributed by atoms with E-state index in [0.29, 0.717) is 25.0 Å². The zero-order valence-corrected chi connectivity index (χ0v) is 15.3. The minimum Gasteiger partial charge on any atom is -0.391 e. The van der Waals surface area contributed by atoms with Gasteiger partial charge in [-0.15, -0.1) is 0 Å². The van der Waals surface area contributed by atoms with Crippen LogP contribution in [0.1, 0.15) is 72.1 Å². The van der Waals surface area contributed by atoms with Crippen LogP contribution in [0.15, 0.2) is 0 Å². The van der Waals surface area contributed by atoms with Gasteiger partial charge in [0.1, 0.15) is 0 Å². The smallest absolute Gasteiger partial charge is 0.234 e. The molecule has 1 aliphatic heterocycles. The van der Waals surface area contributed by atoms with Crippen molar-refractivity contribution in [3.8, 4) is 0 Å². The zero-order chi connectivity index (χ0) is 16.9. The maximum Gasteiger partial charge on any atom is 0.234 e. The summed E-state index contributed by atoms with van der Waals surface area (Å²) in [7, 11) is 0. The van der Waals surface area contributed by atoms with Crippen LogP contribution in [0.3, 0.4) is 0 Å². The molecule has 2 rings (SSSR count). The Balaban J connectivity index is 1.75. The third-order valence-electron chi connectivity index (χ3n) is 5.62. The molecule has 0 aromatic rings. The van der Waals surface area contributed by atoms with E-state index >= 15 is 0 Å². The summed E-state index contributed by atoms with van der Waals surface area (Å²) in [5.41, 5.74) is 0.132. The summed E-state index contributed by atoms with van der Waals surface area (Å²) in [6.07, 6.45) is 9.33. The Labute approximate surface area is 142 Å². The molecule has 0 aromatic carbocycles. The highest BCUT2D eigenvalue weighted by Gasteiger charge is 2.36. The number of likely N-dealkylation sites (tertiary alicyclic amines) is 1. The predicted octanol–water partition coefficient (Wildman–Crippen LogP) is 2.94. The highest BCUT2D eigenvalue weighted by atomic mass is 16.3. The molecule has 1 saturated carbocycles. The normalized spacial score (nSPS) is 28.9. The second-order valence-electron chi connectivity index (χ2n) is 8.67. The first-order chi connectivity index (χ1) is 10.9. The molecule has 0 bridgehead atoms. The number of carbonyl (C=O) groups is 1. The lowest BCUT2D eigenvalue weighted by atomic mass is 9.74. The molecule has 4 heteroatoms. The number of aliphatic hydroxyl groups excluding tert-OH is 1. The van der Waals surface area contributed by atoms with E-state index < -0.39 is 0 Å². The Bertz CT molecular complexity index is 370. The molecule has 1 heterocycles. The van der Waals surface area contributed by atoms with Gasteiger partial charge < -0.3 is 10.4 Å². The predicted molar refractivity (Wildman–Crippen MR) is 94.3 cm³/mol. The van der Waals surface area contributed by atoms with Gasteiger partial charge in [-0.3, -0.25) is 9.69 Å². The van der Waals surface area contributed by atoms with Gasteiger partial charge in [0.05, 0.1) is 12.6 Å². The Morgan fingerprint density at radius 1 is 1.09 bits per heavy atom. The van der Waals surface area contributed by atoms with Crippen molar-refractivity contribution in [3.05, 3.63) is 0 Å². The second kappa shape index (κ2) is 8.48. The number of carbonyl (C=O) groups excluding carboxylic acids is 1. The summed E-state index contributed by atoms with van der Waals surface area (Å²) in [4.78, 5) is 14.4. The third-order valence-corrected chi connectivity index (χ3v) is 5.62. The van der Waals surface area contributed by atoms with Gasteiger partial charge in [0.25, 0.3) is 0 Å². The number of β-amino-alcohol motifs (C(OH)–C–C–N with tert-alkyl or cyclic N) is 1. The molecular weight excluding hydrogens is 288 g/mol. The molecule has 2 atom stereocenters. The largest absolute Gasteiger partial charge is 0.391 e. The number of piperidine rings is 1. The van der Waals surface area contributed by atoms with E-state index in [2.05, 4.69) is 31.0 Å². The number of aliphatic hydroxyl groups is 1. The van der Waals surface area contributed by atoms with Gasteiger partial charge in [-0.1, -0.05) is 52.9 Å². The van der Waals surface area contributed by atoms with Crippen LogP contribution in [0.2, 0.25) is 0 Å². The maximum atomic E-state index is 12.3. The van der Waals surface area contributed by atoms with Crippen LogP contribution in [0.5, 0.6) is 0 Å². The molecule has 2 aliphatic rings. The van der Waals surface area contributed by atoms with Gasteiger partial charge in [-0.2, -0.15) is 0 Å². The molecule has 1 amide bonds. The summed E-state index contributed by atoms with van der Waals surface area (Å²) in [5, 5.41) is 13.6. The topological polar surface area (TPSA) is 52.6 Å². The van der Waals surface area contributed by atoms with Crippen LogP contribution in [-0.4, -0.2) is 47.7 Å². The van der Waals surface area contributed by atoms with Crippen LogP contribution in [0, 0.1) is 11.3 Å². The molecule has 0 unspecified atom stereocenters. The summed E-state index contributed by atoms with van der Waals surface area (Å²) in [6, 6.07) is 0.361. The van der Waals surface area contributed by atoms with Crippen molar-refractivity contribution in [2.45, 2.75) is 84.3 Å². The lowest BCUT2D eigenvalue weighted by Crippen LogP contribution is -2.51. The van der Waals surface area contributed by atoms with Crippen LogP contribution in [0.25, 0.3) is 0 Å². The van der Waals surface area contributed by atoms with Crippen LogP contribution in [0.4, 0.5) is 0 Å². The molecule has 2 N–H and O–H groups in total. The third kappa shape index (κ3) is 6.07. The maximum absolute atomic E-state index is 12.3. The van der Waals surface area contributed by atoms with Gasteiger partial charge in [-0.05, 0) is 37.1 Å². The lowest BCUT2D eigenvalue weighted by Gasteiger charge is -2.42. The zero-order valence-electron chi connectivity index (χ0n) is 15.3. The van der Waals surface area contributed by atoms with Crippen molar-refractivity contribution < 1.29 is 9.90 Å². The van der Waals surface area contributed by atoms with E-state index in [1.807, 2.05) is 0 Å². The van der Waals surface area contributed by atoms with Crippen LogP contribution < -0.4 is 5.32 Å². The molecular formula is C19H36N2O2. The van der Waals surface area contributed by atoms with E-state index in [-0.39, 0.29) is 17.4 Å². The first kappa shape index (κ1) is 18.7. The molecule has 4 nitrogen and oxygen atoms in total. The summed E-state index contributed by atoms with van der Waals surface area (Å²) >= 11 is 0. The molecule has 1 aliphatic carbocycles. The fourth-order valence-electron chi connectivity index (χ4n) is 4.23. The molecule has 0 radical (unpaired) electrons. The number of hydrogen-bond acceptors (Lipinski definition) is 3. The second-order valence-corrected chi connectivity index (χ2v) is 8.67. The summed E-state index contributed by atoms with van der Waals surface area (Å²) in [6.45, 7) is 8.55. The van der Waals surface area contributed by atoms with E-state index in [1.165, 1.54) is 32.1 Å². The number of nitrogens with zero attached hydrogens (tertiary/aromatic N) is 1. The van der Waals surface area contributed by atoms with E-state index in [0.717, 1.165) is 25.8 Å². The number of amides is 1. The SMILES string of the molecule is CC(C)(C)[C@H]1CCN(CC(=O)NC2CCCCCCC2)C[C@@H]1O. The number of hydrogen-bond donors (Lipinski definition) is 2.